The third-order valence-corrected chi connectivity index (χ3v) is 4.22. The molecule has 5 heteroatoms. The molecule has 1 unspecified atom stereocenters. The zero-order chi connectivity index (χ0) is 13.1. The molecule has 3 N–H and O–H groups in total. The molecular weight excluding hydrogens is 312 g/mol. The van der Waals surface area contributed by atoms with Crippen LogP contribution in [0.25, 0.3) is 0 Å². The van der Waals surface area contributed by atoms with Crippen LogP contribution in [0.4, 0.5) is 5.69 Å². The molecule has 1 fully saturated rings. The topological polar surface area (TPSA) is 49.5 Å². The Balaban J connectivity index is 2.32. The van der Waals surface area contributed by atoms with Crippen molar-refractivity contribution >= 4 is 38.8 Å². The fourth-order valence-electron chi connectivity index (χ4n) is 2.45. The molecule has 98 valence electrons. The molecule has 1 saturated heterocycles. The zero-order valence-corrected chi connectivity index (χ0v) is 12.5. The summed E-state index contributed by atoms with van der Waals surface area (Å²) >= 11 is 8.64. The maximum Gasteiger partial charge on any atom is 0.107 e. The van der Waals surface area contributed by atoms with Crippen molar-refractivity contribution in [3.05, 3.63) is 28.2 Å². The van der Waals surface area contributed by atoms with E-state index in [4.69, 9.17) is 18.0 Å². The van der Waals surface area contributed by atoms with Gasteiger partial charge < -0.3 is 15.7 Å². The number of hydrogen-bond donors (Lipinski definition) is 2. The van der Waals surface area contributed by atoms with Crippen LogP contribution >= 0.6 is 28.1 Å². The summed E-state index contributed by atoms with van der Waals surface area (Å²) in [6.07, 6.45) is 2.18. The predicted molar refractivity (Wildman–Crippen MR) is 82.1 cm³/mol. The van der Waals surface area contributed by atoms with E-state index < -0.39 is 0 Å². The Morgan fingerprint density at radius 3 is 3.00 bits per heavy atom. The van der Waals surface area contributed by atoms with Crippen molar-refractivity contribution in [2.45, 2.75) is 12.8 Å². The predicted octanol–water partition coefficient (Wildman–Crippen LogP) is 2.29. The maximum absolute atomic E-state index is 9.30. The minimum Gasteiger partial charge on any atom is -0.396 e. The second kappa shape index (κ2) is 5.99. The summed E-state index contributed by atoms with van der Waals surface area (Å²) in [7, 11) is 0. The minimum absolute atomic E-state index is 0.243. The van der Waals surface area contributed by atoms with Crippen molar-refractivity contribution in [1.82, 2.24) is 0 Å². The number of piperidine rings is 1. The molecule has 1 aromatic carbocycles. The normalized spacial score (nSPS) is 19.9. The molecule has 1 atom stereocenters. The average Bonchev–Trinajstić information content (AvgIpc) is 2.38. The van der Waals surface area contributed by atoms with Gasteiger partial charge in [-0.2, -0.15) is 0 Å². The average molecular weight is 329 g/mol. The fourth-order valence-corrected chi connectivity index (χ4v) is 3.37. The van der Waals surface area contributed by atoms with E-state index in [0.29, 0.717) is 10.9 Å². The first kappa shape index (κ1) is 13.8. The highest BCUT2D eigenvalue weighted by molar-refractivity contribution is 9.10. The summed E-state index contributed by atoms with van der Waals surface area (Å²) in [5, 5.41) is 9.30. The lowest BCUT2D eigenvalue weighted by atomic mass is 9.97. The molecule has 3 nitrogen and oxygen atoms in total. The maximum atomic E-state index is 9.30. The Hall–Kier alpha value is -0.650. The van der Waals surface area contributed by atoms with Gasteiger partial charge in [-0.3, -0.25) is 0 Å². The number of thiocarbonyl (C=S) groups is 1. The second-order valence-corrected chi connectivity index (χ2v) is 5.93. The molecular formula is C13H17BrN2OS. The number of hydrogen-bond acceptors (Lipinski definition) is 3. The van der Waals surface area contributed by atoms with E-state index in [-0.39, 0.29) is 6.61 Å². The molecule has 18 heavy (non-hydrogen) atoms. The lowest BCUT2D eigenvalue weighted by molar-refractivity contribution is 0.208. The lowest BCUT2D eigenvalue weighted by Crippen LogP contribution is -2.38. The third-order valence-electron chi connectivity index (χ3n) is 3.36. The highest BCUT2D eigenvalue weighted by Crippen LogP contribution is 2.30. The van der Waals surface area contributed by atoms with Gasteiger partial charge in [-0.1, -0.05) is 18.3 Å². The van der Waals surface area contributed by atoms with Gasteiger partial charge in [0.1, 0.15) is 4.99 Å². The van der Waals surface area contributed by atoms with Gasteiger partial charge in [0.2, 0.25) is 0 Å². The van der Waals surface area contributed by atoms with E-state index >= 15 is 0 Å². The number of aliphatic hydroxyl groups is 1. The van der Waals surface area contributed by atoms with Crippen molar-refractivity contribution < 1.29 is 5.11 Å². The quantitative estimate of drug-likeness (QED) is 0.836. The number of anilines is 1. The number of rotatable bonds is 3. The second-order valence-electron chi connectivity index (χ2n) is 4.64. The molecule has 0 aromatic heterocycles. The Morgan fingerprint density at radius 2 is 2.33 bits per heavy atom. The number of nitrogens with two attached hydrogens (primary N) is 1. The van der Waals surface area contributed by atoms with Gasteiger partial charge in [-0.15, -0.1) is 0 Å². The monoisotopic (exact) mass is 328 g/mol. The molecule has 0 amide bonds. The molecule has 0 aliphatic carbocycles. The molecule has 1 heterocycles. The van der Waals surface area contributed by atoms with Gasteiger partial charge in [0.25, 0.3) is 0 Å². The zero-order valence-electron chi connectivity index (χ0n) is 10.1. The van der Waals surface area contributed by atoms with E-state index in [1.165, 1.54) is 0 Å². The summed E-state index contributed by atoms with van der Waals surface area (Å²) in [5.74, 6) is 0.344. The summed E-state index contributed by atoms with van der Waals surface area (Å²) < 4.78 is 0.929. The largest absolute Gasteiger partial charge is 0.396 e. The fraction of sp³-hybridized carbons (Fsp3) is 0.462. The van der Waals surface area contributed by atoms with Gasteiger partial charge >= 0.3 is 0 Å². The number of halogens is 1. The lowest BCUT2D eigenvalue weighted by Gasteiger charge is -2.35. The molecule has 0 bridgehead atoms. The molecule has 1 aliphatic rings. The van der Waals surface area contributed by atoms with Gasteiger partial charge in [0.15, 0.2) is 0 Å². The highest BCUT2D eigenvalue weighted by atomic mass is 79.9. The van der Waals surface area contributed by atoms with Crippen molar-refractivity contribution in [2.24, 2.45) is 11.7 Å². The first-order valence-corrected chi connectivity index (χ1v) is 7.27. The molecule has 0 spiro atoms. The van der Waals surface area contributed by atoms with Crippen molar-refractivity contribution in [3.8, 4) is 0 Å². The highest BCUT2D eigenvalue weighted by Gasteiger charge is 2.22. The van der Waals surface area contributed by atoms with Crippen LogP contribution in [-0.2, 0) is 0 Å². The SMILES string of the molecule is NC(=S)c1c(Br)cccc1N1CCCC(CO)C1. The number of benzene rings is 1. The Kier molecular flexibility index (Phi) is 4.59. The summed E-state index contributed by atoms with van der Waals surface area (Å²) in [5.41, 5.74) is 7.77. The van der Waals surface area contributed by atoms with Crippen LogP contribution in [0.5, 0.6) is 0 Å². The van der Waals surface area contributed by atoms with Gasteiger partial charge in [0, 0.05) is 35.4 Å². The first-order valence-electron chi connectivity index (χ1n) is 6.07. The Labute approximate surface area is 121 Å². The van der Waals surface area contributed by atoms with Crippen LogP contribution < -0.4 is 10.6 Å². The van der Waals surface area contributed by atoms with Gasteiger partial charge in [-0.05, 0) is 46.8 Å². The summed E-state index contributed by atoms with van der Waals surface area (Å²) in [6.45, 7) is 2.10. The van der Waals surface area contributed by atoms with Crippen molar-refractivity contribution in [1.29, 1.82) is 0 Å². The molecule has 1 aromatic rings. The molecule has 0 radical (unpaired) electrons. The summed E-state index contributed by atoms with van der Waals surface area (Å²) in [6, 6.07) is 5.98. The molecule has 2 rings (SSSR count). The van der Waals surface area contributed by atoms with Crippen molar-refractivity contribution in [3.63, 3.8) is 0 Å². The smallest absolute Gasteiger partial charge is 0.107 e. The minimum atomic E-state index is 0.243. The van der Waals surface area contributed by atoms with E-state index in [2.05, 4.69) is 20.8 Å². The van der Waals surface area contributed by atoms with E-state index in [1.807, 2.05) is 18.2 Å². The number of nitrogens with zero attached hydrogens (tertiary/aromatic N) is 1. The van der Waals surface area contributed by atoms with Crippen LogP contribution in [0, 0.1) is 5.92 Å². The van der Waals surface area contributed by atoms with E-state index in [0.717, 1.165) is 41.7 Å². The van der Waals surface area contributed by atoms with E-state index in [1.54, 1.807) is 0 Å². The van der Waals surface area contributed by atoms with Crippen LogP contribution in [0.2, 0.25) is 0 Å². The van der Waals surface area contributed by atoms with Crippen LogP contribution in [0.3, 0.4) is 0 Å². The van der Waals surface area contributed by atoms with Crippen LogP contribution in [0.1, 0.15) is 18.4 Å². The van der Waals surface area contributed by atoms with E-state index in [9.17, 15) is 5.11 Å². The standard InChI is InChI=1S/C13H17BrN2OS/c14-10-4-1-5-11(12(10)13(15)18)16-6-2-3-9(7-16)8-17/h1,4-5,9,17H,2-3,6-8H2,(H2,15,18). The molecule has 1 aliphatic heterocycles. The first-order chi connectivity index (χ1) is 8.63. The Morgan fingerprint density at radius 1 is 1.56 bits per heavy atom. The summed E-state index contributed by atoms with van der Waals surface area (Å²) in [4.78, 5) is 2.67. The number of aliphatic hydroxyl groups excluding tert-OH is 1. The van der Waals surface area contributed by atoms with Crippen LogP contribution in [-0.4, -0.2) is 29.8 Å². The van der Waals surface area contributed by atoms with Crippen molar-refractivity contribution in [2.75, 3.05) is 24.6 Å². The third kappa shape index (κ3) is 2.84. The molecule has 0 saturated carbocycles. The Bertz CT molecular complexity index is 453. The van der Waals surface area contributed by atoms with Gasteiger partial charge in [-0.25, -0.2) is 0 Å². The van der Waals surface area contributed by atoms with Gasteiger partial charge in [0.05, 0.1) is 0 Å². The van der Waals surface area contributed by atoms with Crippen LogP contribution in [0.15, 0.2) is 22.7 Å².